The first-order valence-corrected chi connectivity index (χ1v) is 12.3. The summed E-state index contributed by atoms with van der Waals surface area (Å²) in [5.41, 5.74) is 2.17. The zero-order chi connectivity index (χ0) is 23.5. The zero-order valence-electron chi connectivity index (χ0n) is 18.5. The average molecular weight is 486 g/mol. The maximum Gasteiger partial charge on any atom is 0.259 e. The molecule has 0 aliphatic rings. The summed E-state index contributed by atoms with van der Waals surface area (Å²) in [6.07, 6.45) is 5.05. The molecule has 0 saturated heterocycles. The Morgan fingerprint density at radius 2 is 2.18 bits per heavy atom. The van der Waals surface area contributed by atoms with Crippen molar-refractivity contribution in [2.75, 3.05) is 0 Å². The highest BCUT2D eigenvalue weighted by Crippen LogP contribution is 2.26. The molecule has 10 heteroatoms. The fourth-order valence-corrected chi connectivity index (χ4v) is 5.24. The van der Waals surface area contributed by atoms with Gasteiger partial charge >= 0.3 is 0 Å². The van der Waals surface area contributed by atoms with Crippen molar-refractivity contribution in [2.45, 2.75) is 44.9 Å². The van der Waals surface area contributed by atoms with Gasteiger partial charge in [0.25, 0.3) is 5.56 Å². The van der Waals surface area contributed by atoms with E-state index in [0.717, 1.165) is 20.8 Å². The van der Waals surface area contributed by atoms with Gasteiger partial charge in [-0.15, -0.1) is 23.1 Å². The minimum absolute atomic E-state index is 0.133. The molecule has 4 rings (SSSR count). The monoisotopic (exact) mass is 485 g/mol. The lowest BCUT2D eigenvalue weighted by molar-refractivity contribution is -0.120. The van der Waals surface area contributed by atoms with Crippen LogP contribution in [0.2, 0.25) is 0 Å². The number of thiophene rings is 1. The molecule has 0 bridgehead atoms. The smallest absolute Gasteiger partial charge is 0.259 e. The third kappa shape index (κ3) is 5.33. The average Bonchev–Trinajstić information content (AvgIpc) is 3.40. The topological polar surface area (TPSA) is 92.7 Å². The highest BCUT2D eigenvalue weighted by atomic mass is 32.2. The van der Waals surface area contributed by atoms with Crippen molar-refractivity contribution in [1.82, 2.24) is 24.8 Å². The molecule has 0 aliphatic heterocycles. The largest absolute Gasteiger partial charge is 0.351 e. The number of nitrogens with zero attached hydrogens (tertiary/aromatic N) is 3. The predicted octanol–water partition coefficient (Wildman–Crippen LogP) is 3.92. The second kappa shape index (κ2) is 9.88. The lowest BCUT2D eigenvalue weighted by Crippen LogP contribution is -2.30. The van der Waals surface area contributed by atoms with Crippen LogP contribution < -0.4 is 10.9 Å². The van der Waals surface area contributed by atoms with Crippen LogP contribution in [0, 0.1) is 19.7 Å². The number of benzene rings is 1. The summed E-state index contributed by atoms with van der Waals surface area (Å²) < 4.78 is 15.9. The van der Waals surface area contributed by atoms with Crippen LogP contribution >= 0.6 is 23.1 Å². The molecule has 0 spiro atoms. The van der Waals surface area contributed by atoms with Crippen molar-refractivity contribution >= 4 is 39.2 Å². The molecule has 0 aliphatic carbocycles. The van der Waals surface area contributed by atoms with Gasteiger partial charge in [0.15, 0.2) is 0 Å². The first kappa shape index (κ1) is 23.2. The summed E-state index contributed by atoms with van der Waals surface area (Å²) in [5, 5.41) is 3.20. The standard InChI is InChI=1S/C23H24FN5O2S2/c1-13-14(2)33-23-20(13)22(31)27-19(28-23)11-32-15(3)21(30)26-9-16-4-5-18(24)17(8-16)10-29-7-6-25-12-29/h4-8,12,15H,9-11H2,1-3H3,(H,26,30)(H,27,28,31)/t15-/m1/s1. The number of carbonyl (C=O) groups excluding carboxylic acids is 1. The minimum atomic E-state index is -0.344. The molecule has 0 saturated carbocycles. The number of H-pyrrole nitrogens is 1. The van der Waals surface area contributed by atoms with Crippen molar-refractivity contribution in [3.63, 3.8) is 0 Å². The van der Waals surface area contributed by atoms with Gasteiger partial charge in [-0.05, 0) is 44.0 Å². The highest BCUT2D eigenvalue weighted by molar-refractivity contribution is 7.99. The molecule has 33 heavy (non-hydrogen) atoms. The Morgan fingerprint density at radius 1 is 1.36 bits per heavy atom. The Bertz CT molecular complexity index is 1350. The molecule has 3 aromatic heterocycles. The molecule has 2 N–H and O–H groups in total. The van der Waals surface area contributed by atoms with E-state index in [1.807, 2.05) is 20.8 Å². The van der Waals surface area contributed by atoms with Crippen LogP contribution in [0.4, 0.5) is 4.39 Å². The van der Waals surface area contributed by atoms with Crippen molar-refractivity contribution in [2.24, 2.45) is 0 Å². The fraction of sp³-hybridized carbons (Fsp3) is 0.304. The first-order chi connectivity index (χ1) is 15.8. The molecule has 3 heterocycles. The van der Waals surface area contributed by atoms with E-state index < -0.39 is 0 Å². The lowest BCUT2D eigenvalue weighted by Gasteiger charge is -2.13. The lowest BCUT2D eigenvalue weighted by atomic mass is 10.1. The summed E-state index contributed by atoms with van der Waals surface area (Å²) in [6, 6.07) is 4.83. The van der Waals surface area contributed by atoms with Crippen molar-refractivity contribution in [1.29, 1.82) is 0 Å². The summed E-state index contributed by atoms with van der Waals surface area (Å²) in [6.45, 7) is 6.39. The predicted molar refractivity (Wildman–Crippen MR) is 130 cm³/mol. The number of halogens is 1. The molecule has 4 aromatic rings. The second-order valence-electron chi connectivity index (χ2n) is 7.81. The van der Waals surface area contributed by atoms with Crippen molar-refractivity contribution in [3.8, 4) is 0 Å². The Hall–Kier alpha value is -2.98. The molecule has 0 unspecified atom stereocenters. The number of rotatable bonds is 8. The van der Waals surface area contributed by atoms with Gasteiger partial charge in [-0.2, -0.15) is 0 Å². The first-order valence-electron chi connectivity index (χ1n) is 10.4. The number of aromatic nitrogens is 4. The van der Waals surface area contributed by atoms with E-state index in [4.69, 9.17) is 0 Å². The normalized spacial score (nSPS) is 12.2. The van der Waals surface area contributed by atoms with Crippen LogP contribution in [-0.2, 0) is 23.6 Å². The molecule has 1 atom stereocenters. The molecule has 1 amide bonds. The van der Waals surface area contributed by atoms with E-state index in [-0.39, 0.29) is 22.5 Å². The maximum atomic E-state index is 14.1. The van der Waals surface area contributed by atoms with Gasteiger partial charge in [-0.25, -0.2) is 14.4 Å². The van der Waals surface area contributed by atoms with E-state index in [1.165, 1.54) is 29.2 Å². The van der Waals surface area contributed by atoms with Gasteiger partial charge in [-0.3, -0.25) is 9.59 Å². The number of carbonyl (C=O) groups is 1. The molecule has 7 nitrogen and oxygen atoms in total. The van der Waals surface area contributed by atoms with Gasteiger partial charge in [0.05, 0.1) is 29.3 Å². The number of hydrogen-bond acceptors (Lipinski definition) is 6. The van der Waals surface area contributed by atoms with Gasteiger partial charge in [0.1, 0.15) is 16.5 Å². The number of nitrogens with one attached hydrogen (secondary N) is 2. The van der Waals surface area contributed by atoms with Gasteiger partial charge in [0.2, 0.25) is 5.91 Å². The van der Waals surface area contributed by atoms with Crippen LogP contribution in [0.15, 0.2) is 41.7 Å². The van der Waals surface area contributed by atoms with E-state index in [0.29, 0.717) is 35.6 Å². The maximum absolute atomic E-state index is 14.1. The number of hydrogen-bond donors (Lipinski definition) is 2. The fourth-order valence-electron chi connectivity index (χ4n) is 3.42. The van der Waals surface area contributed by atoms with E-state index in [9.17, 15) is 14.0 Å². The number of thioether (sulfide) groups is 1. The van der Waals surface area contributed by atoms with Crippen LogP contribution in [0.3, 0.4) is 0 Å². The van der Waals surface area contributed by atoms with Crippen LogP contribution in [0.5, 0.6) is 0 Å². The van der Waals surface area contributed by atoms with Gasteiger partial charge in [-0.1, -0.05) is 6.07 Å². The number of imidazole rings is 1. The molecule has 0 fully saturated rings. The number of amides is 1. The number of fused-ring (bicyclic) bond motifs is 1. The SMILES string of the molecule is Cc1sc2nc(CS[C@H](C)C(=O)NCc3ccc(F)c(Cn4ccnc4)c3)[nH]c(=O)c2c1C. The minimum Gasteiger partial charge on any atom is -0.351 e. The Labute approximate surface area is 198 Å². The van der Waals surface area contributed by atoms with E-state index >= 15 is 0 Å². The molecular weight excluding hydrogens is 461 g/mol. The Balaban J connectivity index is 1.34. The Kier molecular flexibility index (Phi) is 6.94. The molecule has 0 radical (unpaired) electrons. The number of aryl methyl sites for hydroxylation is 2. The third-order valence-corrected chi connectivity index (χ3v) is 7.67. The Morgan fingerprint density at radius 3 is 2.94 bits per heavy atom. The van der Waals surface area contributed by atoms with E-state index in [1.54, 1.807) is 35.4 Å². The van der Waals surface area contributed by atoms with Gasteiger partial charge < -0.3 is 14.9 Å². The van der Waals surface area contributed by atoms with E-state index in [2.05, 4.69) is 20.3 Å². The second-order valence-corrected chi connectivity index (χ2v) is 10.3. The summed E-state index contributed by atoms with van der Waals surface area (Å²) in [4.78, 5) is 38.1. The summed E-state index contributed by atoms with van der Waals surface area (Å²) in [5.74, 6) is 0.548. The highest BCUT2D eigenvalue weighted by Gasteiger charge is 2.16. The molecule has 172 valence electrons. The van der Waals surface area contributed by atoms with Gasteiger partial charge in [0, 0.05) is 29.4 Å². The quantitative estimate of drug-likeness (QED) is 0.395. The zero-order valence-corrected chi connectivity index (χ0v) is 20.1. The summed E-state index contributed by atoms with van der Waals surface area (Å²) in [7, 11) is 0. The van der Waals surface area contributed by atoms with Crippen LogP contribution in [0.25, 0.3) is 10.2 Å². The third-order valence-electron chi connectivity index (χ3n) is 5.42. The van der Waals surface area contributed by atoms with Crippen LogP contribution in [-0.4, -0.2) is 30.7 Å². The van der Waals surface area contributed by atoms with Crippen molar-refractivity contribution in [3.05, 3.63) is 80.5 Å². The van der Waals surface area contributed by atoms with Crippen molar-refractivity contribution < 1.29 is 9.18 Å². The van der Waals surface area contributed by atoms with Crippen LogP contribution in [0.1, 0.15) is 34.3 Å². The summed E-state index contributed by atoms with van der Waals surface area (Å²) >= 11 is 2.90. The molecule has 1 aromatic carbocycles. The molecular formula is C23H24FN5O2S2. The number of aromatic amines is 1.